The molecule has 0 aliphatic carbocycles. The lowest BCUT2D eigenvalue weighted by atomic mass is 10.0. The number of hydrogen-bond acceptors (Lipinski definition) is 4. The van der Waals surface area contributed by atoms with Gasteiger partial charge in [0.25, 0.3) is 0 Å². The normalized spacial score (nSPS) is 11.4. The summed E-state index contributed by atoms with van der Waals surface area (Å²) in [5, 5.41) is 20.1. The highest BCUT2D eigenvalue weighted by atomic mass is 16.4. The highest BCUT2D eigenvalue weighted by Crippen LogP contribution is 2.16. The summed E-state index contributed by atoms with van der Waals surface area (Å²) >= 11 is 0. The summed E-state index contributed by atoms with van der Waals surface area (Å²) in [4.78, 5) is 48.9. The Balaban J connectivity index is 1.55. The number of amides is 4. The molecule has 0 aliphatic heterocycles. The van der Waals surface area contributed by atoms with Gasteiger partial charge in [-0.1, -0.05) is 44.2 Å². The van der Waals surface area contributed by atoms with Crippen LogP contribution in [0.4, 0.5) is 21.9 Å². The average Bonchev–Trinajstić information content (AvgIpc) is 2.86. The smallest absolute Gasteiger partial charge is 0.335 e. The maximum Gasteiger partial charge on any atom is 0.335 e. The number of aromatic carboxylic acids is 1. The Morgan fingerprint density at radius 1 is 0.789 bits per heavy atom. The second-order valence-corrected chi connectivity index (χ2v) is 9.39. The maximum atomic E-state index is 12.9. The molecule has 0 heterocycles. The van der Waals surface area contributed by atoms with E-state index < -0.39 is 12.0 Å². The predicted molar refractivity (Wildman–Crippen MR) is 147 cm³/mol. The van der Waals surface area contributed by atoms with E-state index in [2.05, 4.69) is 21.3 Å². The molecule has 0 bridgehead atoms. The fourth-order valence-electron chi connectivity index (χ4n) is 3.76. The molecule has 0 aromatic heterocycles. The van der Waals surface area contributed by atoms with Crippen LogP contribution in [-0.2, 0) is 16.0 Å². The molecule has 5 N–H and O–H groups in total. The van der Waals surface area contributed by atoms with Crippen molar-refractivity contribution in [1.29, 1.82) is 0 Å². The number of aryl methyl sites for hydroxylation is 1. The number of carbonyl (C=O) groups is 4. The lowest BCUT2D eigenvalue weighted by Gasteiger charge is -2.20. The van der Waals surface area contributed by atoms with Crippen molar-refractivity contribution in [3.8, 4) is 0 Å². The van der Waals surface area contributed by atoms with Gasteiger partial charge in [0.1, 0.15) is 6.04 Å². The van der Waals surface area contributed by atoms with Crippen LogP contribution in [0.25, 0.3) is 0 Å². The number of carbonyl (C=O) groups excluding carboxylic acids is 3. The van der Waals surface area contributed by atoms with Gasteiger partial charge in [-0.05, 0) is 72.9 Å². The minimum absolute atomic E-state index is 0.0604. The van der Waals surface area contributed by atoms with Crippen LogP contribution in [0.2, 0.25) is 0 Å². The van der Waals surface area contributed by atoms with E-state index in [0.717, 1.165) is 16.8 Å². The second-order valence-electron chi connectivity index (χ2n) is 9.39. The Morgan fingerprint density at radius 2 is 1.39 bits per heavy atom. The zero-order valence-electron chi connectivity index (χ0n) is 21.6. The Bertz CT molecular complexity index is 1290. The van der Waals surface area contributed by atoms with Gasteiger partial charge in [-0.25, -0.2) is 9.59 Å². The number of rotatable bonds is 10. The summed E-state index contributed by atoms with van der Waals surface area (Å²) in [6, 6.07) is 19.0. The van der Waals surface area contributed by atoms with Crippen LogP contribution in [0, 0.1) is 12.8 Å². The van der Waals surface area contributed by atoms with Gasteiger partial charge in [-0.15, -0.1) is 0 Å². The number of carboxylic acid groups (broad SMARTS) is 1. The van der Waals surface area contributed by atoms with E-state index in [1.165, 1.54) is 24.3 Å². The van der Waals surface area contributed by atoms with Gasteiger partial charge in [0, 0.05) is 17.1 Å². The summed E-state index contributed by atoms with van der Waals surface area (Å²) in [6.07, 6.45) is 0.495. The minimum Gasteiger partial charge on any atom is -0.478 e. The first-order valence-corrected chi connectivity index (χ1v) is 12.3. The monoisotopic (exact) mass is 516 g/mol. The van der Waals surface area contributed by atoms with Crippen LogP contribution in [-0.4, -0.2) is 35.0 Å². The first-order valence-electron chi connectivity index (χ1n) is 12.3. The summed E-state index contributed by atoms with van der Waals surface area (Å²) in [5.41, 5.74) is 3.52. The Morgan fingerprint density at radius 3 is 2.00 bits per heavy atom. The molecule has 0 fully saturated rings. The van der Waals surface area contributed by atoms with Crippen LogP contribution >= 0.6 is 0 Å². The topological polar surface area (TPSA) is 137 Å². The van der Waals surface area contributed by atoms with Crippen molar-refractivity contribution in [2.24, 2.45) is 5.92 Å². The molecular weight excluding hydrogens is 484 g/mol. The third-order valence-corrected chi connectivity index (χ3v) is 5.73. The Labute approximate surface area is 221 Å². The van der Waals surface area contributed by atoms with Crippen molar-refractivity contribution < 1.29 is 24.3 Å². The number of urea groups is 1. The molecule has 198 valence electrons. The third kappa shape index (κ3) is 8.48. The van der Waals surface area contributed by atoms with Gasteiger partial charge in [-0.3, -0.25) is 9.59 Å². The third-order valence-electron chi connectivity index (χ3n) is 5.73. The van der Waals surface area contributed by atoms with Crippen molar-refractivity contribution in [1.82, 2.24) is 5.32 Å². The molecule has 0 unspecified atom stereocenters. The molecule has 9 heteroatoms. The number of nitrogens with one attached hydrogen (secondary N) is 4. The van der Waals surface area contributed by atoms with Crippen molar-refractivity contribution in [2.45, 2.75) is 39.7 Å². The van der Waals surface area contributed by atoms with Crippen molar-refractivity contribution in [3.63, 3.8) is 0 Å². The average molecular weight is 517 g/mol. The van der Waals surface area contributed by atoms with Crippen molar-refractivity contribution >= 4 is 40.9 Å². The predicted octanol–water partition coefficient (Wildman–Crippen LogP) is 5.05. The molecule has 0 spiro atoms. The van der Waals surface area contributed by atoms with E-state index in [9.17, 15) is 19.2 Å². The van der Waals surface area contributed by atoms with Gasteiger partial charge in [0.05, 0.1) is 12.0 Å². The van der Waals surface area contributed by atoms with Gasteiger partial charge in [-0.2, -0.15) is 0 Å². The van der Waals surface area contributed by atoms with Crippen molar-refractivity contribution in [2.75, 3.05) is 16.0 Å². The summed E-state index contributed by atoms with van der Waals surface area (Å²) in [7, 11) is 0. The first-order chi connectivity index (χ1) is 18.1. The van der Waals surface area contributed by atoms with Crippen LogP contribution in [0.5, 0.6) is 0 Å². The van der Waals surface area contributed by atoms with Crippen LogP contribution < -0.4 is 21.3 Å². The number of hydrogen-bond donors (Lipinski definition) is 5. The van der Waals surface area contributed by atoms with Crippen LogP contribution in [0.3, 0.4) is 0 Å². The molecule has 0 saturated heterocycles. The fraction of sp³-hybridized carbons (Fsp3) is 0.241. The number of carboxylic acids is 1. The van der Waals surface area contributed by atoms with E-state index in [4.69, 9.17) is 5.11 Å². The maximum absolute atomic E-state index is 12.9. The molecule has 9 nitrogen and oxygen atoms in total. The molecule has 0 saturated carbocycles. The molecule has 1 atom stereocenters. The largest absolute Gasteiger partial charge is 0.478 e. The van der Waals surface area contributed by atoms with Crippen LogP contribution in [0.1, 0.15) is 41.8 Å². The molecule has 0 aliphatic rings. The number of anilines is 3. The van der Waals surface area contributed by atoms with Gasteiger partial charge >= 0.3 is 12.0 Å². The first kappa shape index (κ1) is 27.9. The van der Waals surface area contributed by atoms with E-state index in [1.807, 2.05) is 45.0 Å². The molecule has 4 amide bonds. The van der Waals surface area contributed by atoms with Crippen LogP contribution in [0.15, 0.2) is 72.8 Å². The second kappa shape index (κ2) is 13.0. The van der Waals surface area contributed by atoms with E-state index in [0.29, 0.717) is 17.8 Å². The van der Waals surface area contributed by atoms with E-state index in [-0.39, 0.29) is 35.7 Å². The molecule has 3 rings (SSSR count). The highest BCUT2D eigenvalue weighted by Gasteiger charge is 2.22. The Kier molecular flexibility index (Phi) is 9.59. The zero-order chi connectivity index (χ0) is 27.7. The number of para-hydroxylation sites is 1. The number of benzene rings is 3. The van der Waals surface area contributed by atoms with E-state index in [1.54, 1.807) is 24.3 Å². The summed E-state index contributed by atoms with van der Waals surface area (Å²) in [5.74, 6) is -1.60. The zero-order valence-corrected chi connectivity index (χ0v) is 21.6. The fourth-order valence-corrected chi connectivity index (χ4v) is 3.76. The van der Waals surface area contributed by atoms with Gasteiger partial charge in [0.15, 0.2) is 0 Å². The SMILES string of the molecule is Cc1ccccc1NC(=O)Nc1ccc(CC(=O)N[C@@H](CC(C)C)C(=O)Nc2ccc(C(=O)O)cc2)cc1. The highest BCUT2D eigenvalue weighted by molar-refractivity contribution is 6.00. The van der Waals surface area contributed by atoms with Gasteiger partial charge < -0.3 is 26.4 Å². The lowest BCUT2D eigenvalue weighted by Crippen LogP contribution is -2.45. The molecule has 3 aromatic rings. The lowest BCUT2D eigenvalue weighted by molar-refractivity contribution is -0.126. The molecular formula is C29H32N4O5. The summed E-state index contributed by atoms with van der Waals surface area (Å²) in [6.45, 7) is 5.81. The molecule has 3 aromatic carbocycles. The standard InChI is InChI=1S/C29H32N4O5/c1-18(2)16-25(27(35)30-22-14-10-21(11-15-22)28(36)37)32-26(34)17-20-8-12-23(13-9-20)31-29(38)33-24-7-5-4-6-19(24)3/h4-15,18,25H,16-17H2,1-3H3,(H,30,35)(H,32,34)(H,36,37)(H2,31,33,38)/t25-/m0/s1. The quantitative estimate of drug-likeness (QED) is 0.257. The minimum atomic E-state index is -1.05. The summed E-state index contributed by atoms with van der Waals surface area (Å²) < 4.78 is 0. The molecule has 0 radical (unpaired) electrons. The van der Waals surface area contributed by atoms with Gasteiger partial charge in [0.2, 0.25) is 11.8 Å². The Hall–Kier alpha value is -4.66. The molecule has 38 heavy (non-hydrogen) atoms. The van der Waals surface area contributed by atoms with Crippen molar-refractivity contribution in [3.05, 3.63) is 89.5 Å². The van der Waals surface area contributed by atoms with E-state index >= 15 is 0 Å².